The van der Waals surface area contributed by atoms with Gasteiger partial charge in [-0.15, -0.1) is 0 Å². The van der Waals surface area contributed by atoms with Crippen molar-refractivity contribution in [3.05, 3.63) is 23.8 Å². The predicted octanol–water partition coefficient (Wildman–Crippen LogP) is 2.07. The molecule has 2 rings (SSSR count). The number of hydrogen-bond acceptors (Lipinski definition) is 3. The Bertz CT molecular complexity index is 432. The fourth-order valence-corrected chi connectivity index (χ4v) is 1.62. The lowest BCUT2D eigenvalue weighted by Crippen LogP contribution is -2.29. The van der Waals surface area contributed by atoms with Crippen LogP contribution in [0, 0.1) is 0 Å². The van der Waals surface area contributed by atoms with Gasteiger partial charge >= 0.3 is 5.97 Å². The molecular weight excluding hydrogens is 215 g/mol. The fourth-order valence-electron chi connectivity index (χ4n) is 1.62. The zero-order chi connectivity index (χ0) is 11.8. The quantitative estimate of drug-likeness (QED) is 0.857. The highest BCUT2D eigenvalue weighted by Crippen LogP contribution is 2.38. The normalized spacial score (nSPS) is 16.9. The second kappa shape index (κ2) is 3.66. The lowest BCUT2D eigenvalue weighted by molar-refractivity contribution is -0.151. The average Bonchev–Trinajstić information content (AvgIpc) is 2.74. The molecule has 16 heavy (non-hydrogen) atoms. The summed E-state index contributed by atoms with van der Waals surface area (Å²) < 4.78 is 24.3. The molecule has 1 unspecified atom stereocenters. The van der Waals surface area contributed by atoms with E-state index in [9.17, 15) is 9.18 Å². The van der Waals surface area contributed by atoms with Gasteiger partial charge in [-0.3, -0.25) is 0 Å². The molecule has 0 saturated heterocycles. The standard InChI is InChI=1S/C11H11FO4/c1-2-11(12,10(13)14)7-3-4-8-9(5-7)16-6-15-8/h3-5H,2,6H2,1H3,(H,13,14). The molecule has 0 radical (unpaired) electrons. The Morgan fingerprint density at radius 3 is 2.81 bits per heavy atom. The first-order chi connectivity index (χ1) is 7.58. The molecule has 1 aliphatic heterocycles. The molecule has 86 valence electrons. The van der Waals surface area contributed by atoms with Crippen LogP contribution in [-0.2, 0) is 10.5 Å². The monoisotopic (exact) mass is 226 g/mol. The van der Waals surface area contributed by atoms with Gasteiger partial charge in [0, 0.05) is 5.56 Å². The molecule has 0 aromatic heterocycles. The molecule has 1 N–H and O–H groups in total. The Kier molecular flexibility index (Phi) is 2.46. The lowest BCUT2D eigenvalue weighted by Gasteiger charge is -2.19. The molecule has 1 atom stereocenters. The second-order valence-electron chi connectivity index (χ2n) is 3.53. The Hall–Kier alpha value is -1.78. The Morgan fingerprint density at radius 1 is 1.50 bits per heavy atom. The summed E-state index contributed by atoms with van der Waals surface area (Å²) in [7, 11) is 0. The fraction of sp³-hybridized carbons (Fsp3) is 0.364. The zero-order valence-electron chi connectivity index (χ0n) is 8.70. The maximum atomic E-state index is 14.1. The van der Waals surface area contributed by atoms with Crippen LogP contribution in [0.1, 0.15) is 18.9 Å². The summed E-state index contributed by atoms with van der Waals surface area (Å²) in [6.45, 7) is 1.57. The smallest absolute Gasteiger partial charge is 0.346 e. The van der Waals surface area contributed by atoms with Crippen molar-refractivity contribution in [2.24, 2.45) is 0 Å². The van der Waals surface area contributed by atoms with Crippen molar-refractivity contribution >= 4 is 5.97 Å². The number of carboxylic acids is 1. The number of ether oxygens (including phenoxy) is 2. The Morgan fingerprint density at radius 2 is 2.19 bits per heavy atom. The number of alkyl halides is 1. The van der Waals surface area contributed by atoms with E-state index in [4.69, 9.17) is 14.6 Å². The Labute approximate surface area is 91.6 Å². The molecular formula is C11H11FO4. The van der Waals surface area contributed by atoms with E-state index >= 15 is 0 Å². The molecule has 1 aromatic carbocycles. The number of fused-ring (bicyclic) bond motifs is 1. The van der Waals surface area contributed by atoms with E-state index in [0.29, 0.717) is 11.5 Å². The number of carbonyl (C=O) groups is 1. The van der Waals surface area contributed by atoms with E-state index in [1.54, 1.807) is 0 Å². The van der Waals surface area contributed by atoms with E-state index in [1.807, 2.05) is 0 Å². The predicted molar refractivity (Wildman–Crippen MR) is 53.3 cm³/mol. The van der Waals surface area contributed by atoms with Gasteiger partial charge in [0.15, 0.2) is 11.5 Å². The molecule has 0 spiro atoms. The van der Waals surface area contributed by atoms with Gasteiger partial charge in [-0.25, -0.2) is 9.18 Å². The van der Waals surface area contributed by atoms with Crippen LogP contribution in [0.25, 0.3) is 0 Å². The summed E-state index contributed by atoms with van der Waals surface area (Å²) in [6.07, 6.45) is -0.137. The number of benzene rings is 1. The summed E-state index contributed by atoms with van der Waals surface area (Å²) in [6, 6.07) is 4.30. The minimum absolute atomic E-state index is 0.0757. The number of rotatable bonds is 3. The SMILES string of the molecule is CCC(F)(C(=O)O)c1ccc2c(c1)OCO2. The van der Waals surface area contributed by atoms with Crippen LogP contribution in [0.3, 0.4) is 0 Å². The van der Waals surface area contributed by atoms with E-state index in [-0.39, 0.29) is 18.8 Å². The summed E-state index contributed by atoms with van der Waals surface area (Å²) >= 11 is 0. The van der Waals surface area contributed by atoms with Crippen LogP contribution in [0.2, 0.25) is 0 Å². The van der Waals surface area contributed by atoms with Crippen molar-refractivity contribution in [3.63, 3.8) is 0 Å². The summed E-state index contributed by atoms with van der Waals surface area (Å²) in [4.78, 5) is 10.9. The molecule has 1 aliphatic rings. The highest BCUT2D eigenvalue weighted by Gasteiger charge is 2.39. The molecule has 0 aliphatic carbocycles. The average molecular weight is 226 g/mol. The van der Waals surface area contributed by atoms with Gasteiger partial charge < -0.3 is 14.6 Å². The van der Waals surface area contributed by atoms with Crippen molar-refractivity contribution in [2.45, 2.75) is 19.0 Å². The Balaban J connectivity index is 2.44. The van der Waals surface area contributed by atoms with Gasteiger partial charge in [0.05, 0.1) is 0 Å². The van der Waals surface area contributed by atoms with Gasteiger partial charge in [0.2, 0.25) is 12.5 Å². The van der Waals surface area contributed by atoms with Crippen LogP contribution in [0.15, 0.2) is 18.2 Å². The second-order valence-corrected chi connectivity index (χ2v) is 3.53. The highest BCUT2D eigenvalue weighted by molar-refractivity contribution is 5.79. The van der Waals surface area contributed by atoms with Crippen LogP contribution < -0.4 is 9.47 Å². The molecule has 4 nitrogen and oxygen atoms in total. The van der Waals surface area contributed by atoms with Crippen LogP contribution in [0.5, 0.6) is 11.5 Å². The minimum Gasteiger partial charge on any atom is -0.479 e. The van der Waals surface area contributed by atoms with Gasteiger partial charge in [0.1, 0.15) is 0 Å². The van der Waals surface area contributed by atoms with E-state index < -0.39 is 11.6 Å². The highest BCUT2D eigenvalue weighted by atomic mass is 19.1. The van der Waals surface area contributed by atoms with Gasteiger partial charge in [-0.05, 0) is 18.6 Å². The summed E-state index contributed by atoms with van der Waals surface area (Å²) in [5.74, 6) is -0.601. The number of carboxylic acid groups (broad SMARTS) is 1. The number of hydrogen-bond donors (Lipinski definition) is 1. The maximum Gasteiger partial charge on any atom is 0.346 e. The van der Waals surface area contributed by atoms with E-state index in [0.717, 1.165) is 0 Å². The third-order valence-corrected chi connectivity index (χ3v) is 2.66. The molecule has 5 heteroatoms. The van der Waals surface area contributed by atoms with Crippen molar-refractivity contribution in [1.82, 2.24) is 0 Å². The first-order valence-corrected chi connectivity index (χ1v) is 4.90. The molecule has 1 aromatic rings. The maximum absolute atomic E-state index is 14.1. The molecule has 0 fully saturated rings. The molecule has 0 amide bonds. The third kappa shape index (κ3) is 1.48. The molecule has 0 bridgehead atoms. The van der Waals surface area contributed by atoms with Crippen LogP contribution >= 0.6 is 0 Å². The molecule has 1 heterocycles. The number of aliphatic carboxylic acids is 1. The summed E-state index contributed by atoms with van der Waals surface area (Å²) in [5, 5.41) is 8.89. The molecule has 0 saturated carbocycles. The van der Waals surface area contributed by atoms with Crippen LogP contribution in [0.4, 0.5) is 4.39 Å². The van der Waals surface area contributed by atoms with Crippen molar-refractivity contribution in [2.75, 3.05) is 6.79 Å². The lowest BCUT2D eigenvalue weighted by atomic mass is 9.93. The van der Waals surface area contributed by atoms with Gasteiger partial charge in [0.25, 0.3) is 0 Å². The van der Waals surface area contributed by atoms with E-state index in [1.165, 1.54) is 25.1 Å². The zero-order valence-corrected chi connectivity index (χ0v) is 8.70. The first kappa shape index (κ1) is 10.7. The largest absolute Gasteiger partial charge is 0.479 e. The first-order valence-electron chi connectivity index (χ1n) is 4.90. The van der Waals surface area contributed by atoms with Crippen molar-refractivity contribution in [1.29, 1.82) is 0 Å². The number of halogens is 1. The topological polar surface area (TPSA) is 55.8 Å². The van der Waals surface area contributed by atoms with Crippen LogP contribution in [-0.4, -0.2) is 17.9 Å². The third-order valence-electron chi connectivity index (χ3n) is 2.66. The minimum atomic E-state index is -2.37. The summed E-state index contributed by atoms with van der Waals surface area (Å²) in [5.41, 5.74) is -2.30. The van der Waals surface area contributed by atoms with Gasteiger partial charge in [-0.1, -0.05) is 13.0 Å². The van der Waals surface area contributed by atoms with Gasteiger partial charge in [-0.2, -0.15) is 0 Å². The van der Waals surface area contributed by atoms with Crippen molar-refractivity contribution in [3.8, 4) is 11.5 Å². The van der Waals surface area contributed by atoms with E-state index in [2.05, 4.69) is 0 Å². The van der Waals surface area contributed by atoms with Crippen molar-refractivity contribution < 1.29 is 23.8 Å².